The summed E-state index contributed by atoms with van der Waals surface area (Å²) in [4.78, 5) is 26.0. The van der Waals surface area contributed by atoms with Gasteiger partial charge >= 0.3 is 6.18 Å². The molecule has 1 aromatic carbocycles. The molecule has 2 N–H and O–H groups in total. The van der Waals surface area contributed by atoms with Crippen molar-refractivity contribution in [3.63, 3.8) is 0 Å². The first-order valence-corrected chi connectivity index (χ1v) is 7.11. The van der Waals surface area contributed by atoms with Gasteiger partial charge in [0.25, 0.3) is 11.5 Å². The van der Waals surface area contributed by atoms with E-state index in [1.807, 2.05) is 0 Å². The van der Waals surface area contributed by atoms with Crippen LogP contribution in [0.5, 0.6) is 0 Å². The van der Waals surface area contributed by atoms with Crippen LogP contribution < -0.4 is 10.9 Å². The maximum absolute atomic E-state index is 12.8. The van der Waals surface area contributed by atoms with E-state index < -0.39 is 23.2 Å². The molecule has 0 spiro atoms. The zero-order valence-electron chi connectivity index (χ0n) is 12.6. The van der Waals surface area contributed by atoms with Crippen molar-refractivity contribution < 1.29 is 22.4 Å². The van der Waals surface area contributed by atoms with E-state index in [0.29, 0.717) is 0 Å². The lowest BCUT2D eigenvalue weighted by Crippen LogP contribution is -2.18. The first-order chi connectivity index (χ1) is 11.8. The van der Waals surface area contributed by atoms with Crippen LogP contribution in [0.2, 0.25) is 0 Å². The quantitative estimate of drug-likeness (QED) is 0.754. The Morgan fingerprint density at radius 3 is 2.60 bits per heavy atom. The fourth-order valence-electron chi connectivity index (χ4n) is 2.17. The topological polar surface area (TPSA) is 75.1 Å². The number of pyridine rings is 1. The molecule has 2 heterocycles. The molecule has 128 valence electrons. The van der Waals surface area contributed by atoms with Gasteiger partial charge in [-0.2, -0.15) is 13.2 Å². The molecule has 0 saturated heterocycles. The summed E-state index contributed by atoms with van der Waals surface area (Å²) in [6.07, 6.45) is -3.06. The predicted octanol–water partition coefficient (Wildman–Crippen LogP) is 3.91. The van der Waals surface area contributed by atoms with E-state index >= 15 is 0 Å². The number of hydrogen-bond acceptors (Lipinski definition) is 3. The Morgan fingerprint density at radius 1 is 1.08 bits per heavy atom. The Bertz CT molecular complexity index is 973. The van der Waals surface area contributed by atoms with Crippen LogP contribution in [0.25, 0.3) is 11.3 Å². The lowest BCUT2D eigenvalue weighted by atomic mass is 10.1. The van der Waals surface area contributed by atoms with E-state index in [9.17, 15) is 22.8 Å². The minimum atomic E-state index is -4.48. The van der Waals surface area contributed by atoms with Gasteiger partial charge in [-0.25, -0.2) is 0 Å². The van der Waals surface area contributed by atoms with Crippen LogP contribution >= 0.6 is 0 Å². The summed E-state index contributed by atoms with van der Waals surface area (Å²) < 4.78 is 43.6. The number of anilines is 1. The number of nitrogens with one attached hydrogen (secondary N) is 2. The minimum absolute atomic E-state index is 0.0320. The summed E-state index contributed by atoms with van der Waals surface area (Å²) in [6.45, 7) is 0. The SMILES string of the molecule is O=C(Nc1ccc[nH]c1=O)c1ccc(-c2cccc(C(F)(F)F)c2)o1. The number of hydrogen-bond donors (Lipinski definition) is 2. The molecule has 0 aliphatic carbocycles. The highest BCUT2D eigenvalue weighted by atomic mass is 19.4. The molecule has 0 aliphatic heterocycles. The summed E-state index contributed by atoms with van der Waals surface area (Å²) >= 11 is 0. The highest BCUT2D eigenvalue weighted by Gasteiger charge is 2.30. The lowest BCUT2D eigenvalue weighted by Gasteiger charge is -2.07. The van der Waals surface area contributed by atoms with E-state index in [-0.39, 0.29) is 22.8 Å². The summed E-state index contributed by atoms with van der Waals surface area (Å²) in [5.74, 6) is -0.705. The van der Waals surface area contributed by atoms with E-state index in [1.54, 1.807) is 0 Å². The molecule has 0 saturated carbocycles. The second kappa shape index (κ2) is 6.31. The third kappa shape index (κ3) is 3.63. The molecule has 3 aromatic rings. The second-order valence-electron chi connectivity index (χ2n) is 5.11. The fraction of sp³-hybridized carbons (Fsp3) is 0.0588. The Morgan fingerprint density at radius 2 is 1.88 bits per heavy atom. The molecule has 0 unspecified atom stereocenters. The van der Waals surface area contributed by atoms with Crippen LogP contribution in [-0.4, -0.2) is 10.9 Å². The Balaban J connectivity index is 1.84. The number of carbonyl (C=O) groups excluding carboxylic acids is 1. The molecule has 0 atom stereocenters. The molecule has 1 amide bonds. The molecule has 25 heavy (non-hydrogen) atoms. The largest absolute Gasteiger partial charge is 0.451 e. The predicted molar refractivity (Wildman–Crippen MR) is 84.2 cm³/mol. The fourth-order valence-corrected chi connectivity index (χ4v) is 2.17. The average Bonchev–Trinajstić information content (AvgIpc) is 3.06. The monoisotopic (exact) mass is 348 g/mol. The van der Waals surface area contributed by atoms with Gasteiger partial charge in [0.15, 0.2) is 5.76 Å². The van der Waals surface area contributed by atoms with E-state index in [4.69, 9.17) is 4.42 Å². The molecule has 3 rings (SSSR count). The number of benzene rings is 1. The molecule has 0 fully saturated rings. The Labute approximate surface area is 139 Å². The second-order valence-corrected chi connectivity index (χ2v) is 5.11. The highest BCUT2D eigenvalue weighted by molar-refractivity contribution is 6.02. The van der Waals surface area contributed by atoms with Crippen molar-refractivity contribution >= 4 is 11.6 Å². The average molecular weight is 348 g/mol. The van der Waals surface area contributed by atoms with Crippen molar-refractivity contribution in [3.05, 3.63) is 76.4 Å². The number of H-pyrrole nitrogens is 1. The van der Waals surface area contributed by atoms with Gasteiger partial charge in [-0.1, -0.05) is 12.1 Å². The molecule has 0 bridgehead atoms. The van der Waals surface area contributed by atoms with Crippen LogP contribution in [0, 0.1) is 0 Å². The van der Waals surface area contributed by atoms with Crippen molar-refractivity contribution in [2.24, 2.45) is 0 Å². The summed E-state index contributed by atoms with van der Waals surface area (Å²) in [5, 5.41) is 2.37. The van der Waals surface area contributed by atoms with Gasteiger partial charge in [-0.15, -0.1) is 0 Å². The van der Waals surface area contributed by atoms with Gasteiger partial charge in [0, 0.05) is 11.8 Å². The van der Waals surface area contributed by atoms with E-state index in [2.05, 4.69) is 10.3 Å². The standard InChI is InChI=1S/C17H11F3N2O3/c18-17(19,20)11-4-1-3-10(9-11)13-6-7-14(25-13)16(24)22-12-5-2-8-21-15(12)23/h1-9H,(H,21,23)(H,22,24). The van der Waals surface area contributed by atoms with E-state index in [0.717, 1.165) is 12.1 Å². The molecule has 0 radical (unpaired) electrons. The number of alkyl halides is 3. The number of aromatic amines is 1. The van der Waals surface area contributed by atoms with Crippen molar-refractivity contribution in [3.8, 4) is 11.3 Å². The number of furan rings is 1. The van der Waals surface area contributed by atoms with Crippen LogP contribution in [0.3, 0.4) is 0 Å². The Kier molecular flexibility index (Phi) is 4.18. The van der Waals surface area contributed by atoms with E-state index in [1.165, 1.54) is 42.6 Å². The summed E-state index contributed by atoms with van der Waals surface area (Å²) in [6, 6.07) is 10.2. The van der Waals surface area contributed by atoms with Crippen molar-refractivity contribution in [2.75, 3.05) is 5.32 Å². The Hall–Kier alpha value is -3.29. The molecule has 0 aliphatic rings. The van der Waals surface area contributed by atoms with Gasteiger partial charge in [-0.05, 0) is 36.4 Å². The third-order valence-electron chi connectivity index (χ3n) is 3.37. The van der Waals surface area contributed by atoms with Crippen LogP contribution in [0.15, 0.2) is 63.9 Å². The number of carbonyl (C=O) groups is 1. The molecule has 5 nitrogen and oxygen atoms in total. The van der Waals surface area contributed by atoms with Gasteiger partial charge in [0.1, 0.15) is 11.4 Å². The first-order valence-electron chi connectivity index (χ1n) is 7.11. The smallest absolute Gasteiger partial charge is 0.416 e. The number of amides is 1. The highest BCUT2D eigenvalue weighted by Crippen LogP contribution is 2.32. The van der Waals surface area contributed by atoms with Gasteiger partial charge in [0.05, 0.1) is 5.56 Å². The molecular formula is C17H11F3N2O3. The van der Waals surface area contributed by atoms with Gasteiger partial charge < -0.3 is 14.7 Å². The van der Waals surface area contributed by atoms with Crippen molar-refractivity contribution in [1.29, 1.82) is 0 Å². The minimum Gasteiger partial charge on any atom is -0.451 e. The van der Waals surface area contributed by atoms with Crippen molar-refractivity contribution in [1.82, 2.24) is 4.98 Å². The summed E-state index contributed by atoms with van der Waals surface area (Å²) in [5.41, 5.74) is -1.08. The van der Waals surface area contributed by atoms with Crippen LogP contribution in [0.4, 0.5) is 18.9 Å². The lowest BCUT2D eigenvalue weighted by molar-refractivity contribution is -0.137. The zero-order chi connectivity index (χ0) is 18.0. The molecule has 2 aromatic heterocycles. The third-order valence-corrected chi connectivity index (χ3v) is 3.37. The number of rotatable bonds is 3. The van der Waals surface area contributed by atoms with Crippen molar-refractivity contribution in [2.45, 2.75) is 6.18 Å². The van der Waals surface area contributed by atoms with Crippen LogP contribution in [-0.2, 0) is 6.18 Å². The molecule has 8 heteroatoms. The van der Waals surface area contributed by atoms with Crippen LogP contribution in [0.1, 0.15) is 16.1 Å². The number of aromatic nitrogens is 1. The number of halogens is 3. The maximum atomic E-state index is 12.8. The zero-order valence-corrected chi connectivity index (χ0v) is 12.6. The summed E-state index contributed by atoms with van der Waals surface area (Å²) in [7, 11) is 0. The molecular weight excluding hydrogens is 337 g/mol. The van der Waals surface area contributed by atoms with Gasteiger partial charge in [0.2, 0.25) is 0 Å². The first kappa shape index (κ1) is 16.6. The normalized spacial score (nSPS) is 11.3. The van der Waals surface area contributed by atoms with Gasteiger partial charge in [-0.3, -0.25) is 9.59 Å². The maximum Gasteiger partial charge on any atom is 0.416 e.